The molecule has 0 saturated carbocycles. The van der Waals surface area contributed by atoms with E-state index in [4.69, 9.17) is 14.2 Å². The molecule has 0 aromatic heterocycles. The number of rotatable bonds is 0. The minimum absolute atomic E-state index is 0.320. The van der Waals surface area contributed by atoms with E-state index in [0.717, 1.165) is 0 Å². The first-order chi connectivity index (χ1) is 5.49. The summed E-state index contributed by atoms with van der Waals surface area (Å²) in [5.41, 5.74) is 0. The highest BCUT2D eigenvalue weighted by Crippen LogP contribution is 2.38. The molecule has 2 rings (SSSR count). The maximum atomic E-state index is 9.47. The molecule has 2 heterocycles. The van der Waals surface area contributed by atoms with E-state index in [-0.39, 0.29) is 0 Å². The van der Waals surface area contributed by atoms with Crippen molar-refractivity contribution in [3.8, 4) is 0 Å². The molecule has 0 aromatic rings. The molecule has 0 amide bonds. The zero-order chi connectivity index (χ0) is 8.93. The SMILES string of the molecule is C=C1O[C@@H]2OC(C)(C)OC2[C@H]1O. The van der Waals surface area contributed by atoms with Crippen LogP contribution in [0.15, 0.2) is 12.3 Å². The molecule has 12 heavy (non-hydrogen) atoms. The third kappa shape index (κ3) is 1.03. The Morgan fingerprint density at radius 1 is 1.42 bits per heavy atom. The Morgan fingerprint density at radius 2 is 2.08 bits per heavy atom. The molecule has 4 heteroatoms. The zero-order valence-electron chi connectivity index (χ0n) is 7.11. The van der Waals surface area contributed by atoms with Crippen molar-refractivity contribution >= 4 is 0 Å². The molecule has 0 radical (unpaired) electrons. The largest absolute Gasteiger partial charge is 0.464 e. The third-order valence-electron chi connectivity index (χ3n) is 2.00. The number of fused-ring (bicyclic) bond motifs is 1. The Bertz CT molecular complexity index is 223. The fraction of sp³-hybridized carbons (Fsp3) is 0.750. The third-order valence-corrected chi connectivity index (χ3v) is 2.00. The van der Waals surface area contributed by atoms with E-state index < -0.39 is 24.3 Å². The molecule has 1 N–H and O–H groups in total. The highest BCUT2D eigenvalue weighted by molar-refractivity contribution is 5.06. The second-order valence-corrected chi connectivity index (χ2v) is 3.50. The summed E-state index contributed by atoms with van der Waals surface area (Å²) in [7, 11) is 0. The van der Waals surface area contributed by atoms with E-state index in [9.17, 15) is 5.11 Å². The molecule has 2 aliphatic rings. The fourth-order valence-electron chi connectivity index (χ4n) is 1.46. The Labute approximate surface area is 70.7 Å². The number of ether oxygens (including phenoxy) is 3. The first-order valence-corrected chi connectivity index (χ1v) is 3.89. The summed E-state index contributed by atoms with van der Waals surface area (Å²) in [5, 5.41) is 9.47. The summed E-state index contributed by atoms with van der Waals surface area (Å²) in [6.45, 7) is 7.10. The van der Waals surface area contributed by atoms with Crippen molar-refractivity contribution in [2.75, 3.05) is 0 Å². The van der Waals surface area contributed by atoms with E-state index in [1.54, 1.807) is 13.8 Å². The molecule has 0 aromatic carbocycles. The van der Waals surface area contributed by atoms with Crippen LogP contribution in [0.5, 0.6) is 0 Å². The van der Waals surface area contributed by atoms with Crippen molar-refractivity contribution in [1.82, 2.24) is 0 Å². The minimum atomic E-state index is -0.767. The topological polar surface area (TPSA) is 47.9 Å². The van der Waals surface area contributed by atoms with Crippen LogP contribution in [0.4, 0.5) is 0 Å². The van der Waals surface area contributed by atoms with Gasteiger partial charge in [0.15, 0.2) is 11.9 Å². The van der Waals surface area contributed by atoms with Gasteiger partial charge < -0.3 is 19.3 Å². The molecular formula is C8H12O4. The summed E-state index contributed by atoms with van der Waals surface area (Å²) < 4.78 is 15.9. The van der Waals surface area contributed by atoms with Gasteiger partial charge >= 0.3 is 0 Å². The van der Waals surface area contributed by atoms with E-state index in [2.05, 4.69) is 6.58 Å². The average Bonchev–Trinajstić information content (AvgIpc) is 2.33. The molecule has 4 nitrogen and oxygen atoms in total. The van der Waals surface area contributed by atoms with Crippen molar-refractivity contribution in [2.45, 2.75) is 38.1 Å². The quantitative estimate of drug-likeness (QED) is 0.573. The highest BCUT2D eigenvalue weighted by Gasteiger charge is 2.52. The van der Waals surface area contributed by atoms with Crippen LogP contribution in [0.3, 0.4) is 0 Å². The lowest BCUT2D eigenvalue weighted by Crippen LogP contribution is -2.28. The maximum absolute atomic E-state index is 9.47. The Kier molecular flexibility index (Phi) is 1.49. The van der Waals surface area contributed by atoms with Gasteiger partial charge in [0.05, 0.1) is 0 Å². The number of hydrogen-bond donors (Lipinski definition) is 1. The standard InChI is InChI=1S/C8H12O4/c1-4-5(9)6-7(10-4)12-8(2,3)11-6/h5-7,9H,1H2,2-3H3/t5-,6?,7+/m0/s1. The van der Waals surface area contributed by atoms with Crippen LogP contribution in [-0.4, -0.2) is 29.4 Å². The number of aliphatic hydroxyl groups excluding tert-OH is 1. The predicted molar refractivity (Wildman–Crippen MR) is 40.1 cm³/mol. The van der Waals surface area contributed by atoms with Gasteiger partial charge in [-0.25, -0.2) is 0 Å². The maximum Gasteiger partial charge on any atom is 0.231 e. The van der Waals surface area contributed by atoms with Gasteiger partial charge in [0.25, 0.3) is 0 Å². The highest BCUT2D eigenvalue weighted by atomic mass is 16.8. The van der Waals surface area contributed by atoms with Crippen LogP contribution in [0.25, 0.3) is 0 Å². The van der Waals surface area contributed by atoms with Gasteiger partial charge in [0.1, 0.15) is 11.9 Å². The average molecular weight is 172 g/mol. The van der Waals surface area contributed by atoms with Gasteiger partial charge in [0, 0.05) is 0 Å². The number of aliphatic hydroxyl groups is 1. The molecule has 2 fully saturated rings. The first kappa shape index (κ1) is 8.04. The van der Waals surface area contributed by atoms with Gasteiger partial charge in [-0.2, -0.15) is 0 Å². The molecule has 0 aliphatic carbocycles. The van der Waals surface area contributed by atoms with Crippen LogP contribution < -0.4 is 0 Å². The molecule has 2 saturated heterocycles. The summed E-state index contributed by atoms with van der Waals surface area (Å²) in [4.78, 5) is 0. The second kappa shape index (κ2) is 2.22. The first-order valence-electron chi connectivity index (χ1n) is 3.89. The lowest BCUT2D eigenvalue weighted by atomic mass is 10.2. The molecule has 0 spiro atoms. The van der Waals surface area contributed by atoms with Gasteiger partial charge in [-0.1, -0.05) is 6.58 Å². The summed E-state index contributed by atoms with van der Waals surface area (Å²) in [5.74, 6) is -0.350. The van der Waals surface area contributed by atoms with E-state index >= 15 is 0 Å². The van der Waals surface area contributed by atoms with E-state index in [1.807, 2.05) is 0 Å². The van der Waals surface area contributed by atoms with Crippen molar-refractivity contribution in [1.29, 1.82) is 0 Å². The Hall–Kier alpha value is -0.580. The van der Waals surface area contributed by atoms with Crippen LogP contribution in [0.1, 0.15) is 13.8 Å². The fourth-order valence-corrected chi connectivity index (χ4v) is 1.46. The molecule has 0 bridgehead atoms. The Morgan fingerprint density at radius 3 is 2.67 bits per heavy atom. The van der Waals surface area contributed by atoms with E-state index in [0.29, 0.717) is 5.76 Å². The minimum Gasteiger partial charge on any atom is -0.464 e. The van der Waals surface area contributed by atoms with Crippen molar-refractivity contribution in [2.24, 2.45) is 0 Å². The Balaban J connectivity index is 2.16. The van der Waals surface area contributed by atoms with Crippen LogP contribution in [-0.2, 0) is 14.2 Å². The second-order valence-electron chi connectivity index (χ2n) is 3.50. The van der Waals surface area contributed by atoms with Crippen LogP contribution >= 0.6 is 0 Å². The van der Waals surface area contributed by atoms with Gasteiger partial charge in [-0.15, -0.1) is 0 Å². The molecule has 1 unspecified atom stereocenters. The lowest BCUT2D eigenvalue weighted by molar-refractivity contribution is -0.189. The van der Waals surface area contributed by atoms with Crippen molar-refractivity contribution in [3.63, 3.8) is 0 Å². The number of hydrogen-bond acceptors (Lipinski definition) is 4. The smallest absolute Gasteiger partial charge is 0.231 e. The zero-order valence-corrected chi connectivity index (χ0v) is 7.11. The summed E-state index contributed by atoms with van der Waals surface area (Å²) in [6.07, 6.45) is -1.69. The summed E-state index contributed by atoms with van der Waals surface area (Å²) >= 11 is 0. The van der Waals surface area contributed by atoms with Gasteiger partial charge in [-0.05, 0) is 13.8 Å². The lowest BCUT2D eigenvalue weighted by Gasteiger charge is -2.19. The molecular weight excluding hydrogens is 160 g/mol. The molecule has 3 atom stereocenters. The monoisotopic (exact) mass is 172 g/mol. The predicted octanol–water partition coefficient (Wildman–Crippen LogP) is 0.369. The van der Waals surface area contributed by atoms with Gasteiger partial charge in [0.2, 0.25) is 6.29 Å². The summed E-state index contributed by atoms with van der Waals surface area (Å²) in [6, 6.07) is 0. The molecule has 2 aliphatic heterocycles. The van der Waals surface area contributed by atoms with Crippen LogP contribution in [0.2, 0.25) is 0 Å². The van der Waals surface area contributed by atoms with Crippen molar-refractivity contribution in [3.05, 3.63) is 12.3 Å². The molecule has 68 valence electrons. The normalized spacial score (nSPS) is 44.2. The van der Waals surface area contributed by atoms with Crippen molar-refractivity contribution < 1.29 is 19.3 Å². The van der Waals surface area contributed by atoms with E-state index in [1.165, 1.54) is 0 Å². The van der Waals surface area contributed by atoms with Gasteiger partial charge in [-0.3, -0.25) is 0 Å². The van der Waals surface area contributed by atoms with Crippen LogP contribution in [0, 0.1) is 0 Å².